The van der Waals surface area contributed by atoms with E-state index in [0.29, 0.717) is 23.6 Å². The summed E-state index contributed by atoms with van der Waals surface area (Å²) in [6.45, 7) is 6.80. The van der Waals surface area contributed by atoms with E-state index in [9.17, 15) is 4.79 Å². The molecule has 0 saturated heterocycles. The van der Waals surface area contributed by atoms with Crippen molar-refractivity contribution in [3.63, 3.8) is 0 Å². The Morgan fingerprint density at radius 2 is 1.79 bits per heavy atom. The lowest BCUT2D eigenvalue weighted by Crippen LogP contribution is -2.24. The number of amides is 1. The number of aromatic nitrogens is 3. The summed E-state index contributed by atoms with van der Waals surface area (Å²) in [5.41, 5.74) is 3.88. The Morgan fingerprint density at radius 3 is 2.46 bits per heavy atom. The monoisotopic (exact) mass is 393 g/mol. The molecule has 3 rings (SSSR count). The number of nitrogens with zero attached hydrogens (tertiary/aromatic N) is 3. The van der Waals surface area contributed by atoms with Crippen LogP contribution in [-0.2, 0) is 6.54 Å². The number of hydrogen-bond acceptors (Lipinski definition) is 5. The number of nitrogens with one attached hydrogen (secondary N) is 2. The summed E-state index contributed by atoms with van der Waals surface area (Å²) < 4.78 is 0. The zero-order valence-corrected chi connectivity index (χ0v) is 17.4. The number of anilines is 1. The minimum absolute atomic E-state index is 0.168. The van der Waals surface area contributed by atoms with Crippen molar-refractivity contribution >= 4 is 26.3 Å². The first-order chi connectivity index (χ1) is 13.5. The van der Waals surface area contributed by atoms with Gasteiger partial charge in [-0.2, -0.15) is 0 Å². The van der Waals surface area contributed by atoms with Crippen molar-refractivity contribution in [3.8, 4) is 11.3 Å². The topological polar surface area (TPSA) is 79.8 Å². The van der Waals surface area contributed by atoms with Crippen LogP contribution in [0, 0.1) is 13.8 Å². The van der Waals surface area contributed by atoms with Crippen LogP contribution >= 0.6 is 9.24 Å². The lowest BCUT2D eigenvalue weighted by atomic mass is 10.1. The van der Waals surface area contributed by atoms with E-state index in [0.717, 1.165) is 34.6 Å². The molecule has 0 aliphatic heterocycles. The highest BCUT2D eigenvalue weighted by Crippen LogP contribution is 2.18. The van der Waals surface area contributed by atoms with Gasteiger partial charge in [-0.25, -0.2) is 9.97 Å². The van der Waals surface area contributed by atoms with Gasteiger partial charge in [0.05, 0.1) is 29.2 Å². The molecule has 0 bridgehead atoms. The Bertz CT molecular complexity index is 989. The third-order valence-electron chi connectivity index (χ3n) is 4.22. The zero-order chi connectivity index (χ0) is 20.1. The van der Waals surface area contributed by atoms with Crippen LogP contribution < -0.4 is 15.9 Å². The van der Waals surface area contributed by atoms with Crippen LogP contribution in [0.2, 0.25) is 0 Å². The van der Waals surface area contributed by atoms with Gasteiger partial charge in [-0.15, -0.1) is 9.24 Å². The molecular weight excluding hydrogens is 369 g/mol. The fraction of sp³-hybridized carbons (Fsp3) is 0.238. The smallest absolute Gasteiger partial charge is 0.253 e. The van der Waals surface area contributed by atoms with E-state index in [1.54, 1.807) is 0 Å². The molecular formula is C21H24N5OP. The number of hydrogen-bond donors (Lipinski definition) is 2. The Labute approximate surface area is 167 Å². The first-order valence-electron chi connectivity index (χ1n) is 9.16. The van der Waals surface area contributed by atoms with E-state index in [-0.39, 0.29) is 5.91 Å². The molecule has 1 amide bonds. The first kappa shape index (κ1) is 19.9. The highest BCUT2D eigenvalue weighted by molar-refractivity contribution is 7.27. The molecule has 1 unspecified atom stereocenters. The van der Waals surface area contributed by atoms with Gasteiger partial charge in [0, 0.05) is 18.2 Å². The Morgan fingerprint density at radius 1 is 1.04 bits per heavy atom. The molecule has 0 spiro atoms. The van der Waals surface area contributed by atoms with Gasteiger partial charge in [0.2, 0.25) is 0 Å². The molecule has 1 atom stereocenters. The van der Waals surface area contributed by atoms with Gasteiger partial charge < -0.3 is 10.6 Å². The number of rotatable bonds is 6. The molecule has 3 aromatic rings. The number of carbonyl (C=O) groups excluding carboxylic acids is 1. The molecule has 0 radical (unpaired) electrons. The molecule has 28 heavy (non-hydrogen) atoms. The minimum atomic E-state index is -0.168. The summed E-state index contributed by atoms with van der Waals surface area (Å²) in [5.74, 6) is 1.26. The second-order valence-corrected chi connectivity index (χ2v) is 7.12. The summed E-state index contributed by atoms with van der Waals surface area (Å²) >= 11 is 0. The van der Waals surface area contributed by atoms with E-state index in [2.05, 4.69) is 34.8 Å². The molecule has 7 heteroatoms. The second-order valence-electron chi connectivity index (χ2n) is 6.46. The molecule has 6 nitrogen and oxygen atoms in total. The quantitative estimate of drug-likeness (QED) is 0.630. The third-order valence-corrected chi connectivity index (χ3v) is 4.60. The number of carbonyl (C=O) groups is 1. The fourth-order valence-corrected chi connectivity index (χ4v) is 3.07. The van der Waals surface area contributed by atoms with Crippen LogP contribution in [0.25, 0.3) is 11.3 Å². The van der Waals surface area contributed by atoms with E-state index < -0.39 is 0 Å². The molecule has 2 heterocycles. The standard InChI is InChI=1S/C21H24N5OP/c1-4-22-20-11-16(25-14(3)26-20)12-23-21(27)18-9-10-19(24-13(18)2)15-5-7-17(28)8-6-15/h5-11H,4,12,28H2,1-3H3,(H,23,27)(H,22,25,26). The van der Waals surface area contributed by atoms with Crippen molar-refractivity contribution in [1.82, 2.24) is 20.3 Å². The Kier molecular flexibility index (Phi) is 6.32. The molecule has 0 aliphatic rings. The van der Waals surface area contributed by atoms with Crippen molar-refractivity contribution < 1.29 is 4.79 Å². The SMILES string of the molecule is CCNc1cc(CNC(=O)c2ccc(-c3ccc(P)cc3)nc2C)nc(C)n1. The van der Waals surface area contributed by atoms with E-state index in [4.69, 9.17) is 0 Å². The summed E-state index contributed by atoms with van der Waals surface area (Å²) in [5, 5.41) is 7.21. The van der Waals surface area contributed by atoms with Crippen LogP contribution in [0.1, 0.15) is 34.5 Å². The molecule has 144 valence electrons. The lowest BCUT2D eigenvalue weighted by molar-refractivity contribution is 0.0949. The van der Waals surface area contributed by atoms with Gasteiger partial charge in [0.25, 0.3) is 5.91 Å². The summed E-state index contributed by atoms with van der Waals surface area (Å²) in [6, 6.07) is 13.6. The third kappa shape index (κ3) is 4.90. The lowest BCUT2D eigenvalue weighted by Gasteiger charge is -2.10. The van der Waals surface area contributed by atoms with Crippen LogP contribution in [0.15, 0.2) is 42.5 Å². The van der Waals surface area contributed by atoms with Gasteiger partial charge >= 0.3 is 0 Å². The van der Waals surface area contributed by atoms with Crippen molar-refractivity contribution in [2.45, 2.75) is 27.3 Å². The summed E-state index contributed by atoms with van der Waals surface area (Å²) in [4.78, 5) is 25.9. The highest BCUT2D eigenvalue weighted by Gasteiger charge is 2.12. The molecule has 2 N–H and O–H groups in total. The van der Waals surface area contributed by atoms with Crippen molar-refractivity contribution in [3.05, 3.63) is 65.2 Å². The summed E-state index contributed by atoms with van der Waals surface area (Å²) in [7, 11) is 2.66. The maximum absolute atomic E-state index is 12.6. The van der Waals surface area contributed by atoms with E-state index >= 15 is 0 Å². The van der Waals surface area contributed by atoms with Gasteiger partial charge in [-0.1, -0.05) is 24.3 Å². The zero-order valence-electron chi connectivity index (χ0n) is 16.3. The molecule has 0 aliphatic carbocycles. The number of benzene rings is 1. The average Bonchev–Trinajstić information content (AvgIpc) is 2.66. The predicted octanol–water partition coefficient (Wildman–Crippen LogP) is 3.02. The minimum Gasteiger partial charge on any atom is -0.370 e. The van der Waals surface area contributed by atoms with Crippen LogP contribution in [0.5, 0.6) is 0 Å². The van der Waals surface area contributed by atoms with Gasteiger partial charge in [0.15, 0.2) is 0 Å². The van der Waals surface area contributed by atoms with Gasteiger partial charge in [-0.05, 0) is 38.2 Å². The number of aryl methyl sites for hydroxylation is 2. The van der Waals surface area contributed by atoms with Crippen LogP contribution in [0.3, 0.4) is 0 Å². The molecule has 0 saturated carbocycles. The van der Waals surface area contributed by atoms with Gasteiger partial charge in [0.1, 0.15) is 11.6 Å². The Hall–Kier alpha value is -2.85. The average molecular weight is 393 g/mol. The van der Waals surface area contributed by atoms with E-state index in [1.165, 1.54) is 0 Å². The largest absolute Gasteiger partial charge is 0.370 e. The maximum Gasteiger partial charge on any atom is 0.253 e. The first-order valence-corrected chi connectivity index (χ1v) is 9.74. The molecule has 2 aromatic heterocycles. The summed E-state index contributed by atoms with van der Waals surface area (Å²) in [6.07, 6.45) is 0. The number of pyridine rings is 1. The van der Waals surface area contributed by atoms with E-state index in [1.807, 2.05) is 63.2 Å². The van der Waals surface area contributed by atoms with Crippen molar-refractivity contribution in [1.29, 1.82) is 0 Å². The Balaban J connectivity index is 1.72. The van der Waals surface area contributed by atoms with Crippen LogP contribution in [0.4, 0.5) is 5.82 Å². The highest BCUT2D eigenvalue weighted by atomic mass is 31.0. The van der Waals surface area contributed by atoms with Gasteiger partial charge in [-0.3, -0.25) is 9.78 Å². The van der Waals surface area contributed by atoms with Crippen LogP contribution in [-0.4, -0.2) is 27.4 Å². The molecule has 1 aromatic carbocycles. The van der Waals surface area contributed by atoms with Crippen molar-refractivity contribution in [2.24, 2.45) is 0 Å². The maximum atomic E-state index is 12.6. The van der Waals surface area contributed by atoms with Crippen molar-refractivity contribution in [2.75, 3.05) is 11.9 Å². The second kappa shape index (κ2) is 8.89. The normalized spacial score (nSPS) is 10.6. The predicted molar refractivity (Wildman–Crippen MR) is 116 cm³/mol. The molecule has 0 fully saturated rings. The fourth-order valence-electron chi connectivity index (χ4n) is 2.87.